The van der Waals surface area contributed by atoms with E-state index < -0.39 is 0 Å². The summed E-state index contributed by atoms with van der Waals surface area (Å²) in [6.07, 6.45) is 5.11. The van der Waals surface area contributed by atoms with E-state index in [9.17, 15) is 0 Å². The Hall–Kier alpha value is -4.12. The zero-order chi connectivity index (χ0) is 18.9. The standard InChI is InChI=1S/C20H14N6O2/c1-21-14-3-4-16-15(9-14)19(25-20(24-16)26-7-6-22-11-26)23-10-13-2-5-17-18(8-13)28-12-27-17/h2-9,11H,10,12H2,(H,23,24,25). The van der Waals surface area contributed by atoms with Gasteiger partial charge in [-0.25, -0.2) is 14.8 Å². The fourth-order valence-electron chi connectivity index (χ4n) is 3.04. The molecule has 1 aliphatic heterocycles. The Morgan fingerprint density at radius 3 is 2.89 bits per heavy atom. The van der Waals surface area contributed by atoms with Crippen LogP contribution in [0.2, 0.25) is 0 Å². The second kappa shape index (κ2) is 6.55. The van der Waals surface area contributed by atoms with Crippen LogP contribution in [0, 0.1) is 6.57 Å². The predicted molar refractivity (Wildman–Crippen MR) is 103 cm³/mol. The van der Waals surface area contributed by atoms with Crippen LogP contribution in [-0.2, 0) is 6.54 Å². The fourth-order valence-corrected chi connectivity index (χ4v) is 3.04. The summed E-state index contributed by atoms with van der Waals surface area (Å²) < 4.78 is 12.5. The molecule has 0 aliphatic carbocycles. The maximum atomic E-state index is 7.28. The monoisotopic (exact) mass is 370 g/mol. The van der Waals surface area contributed by atoms with Crippen LogP contribution in [0.5, 0.6) is 11.5 Å². The lowest BCUT2D eigenvalue weighted by atomic mass is 10.2. The maximum absolute atomic E-state index is 7.28. The molecule has 0 radical (unpaired) electrons. The first-order valence-corrected chi connectivity index (χ1v) is 8.60. The second-order valence-corrected chi connectivity index (χ2v) is 6.20. The van der Waals surface area contributed by atoms with Gasteiger partial charge in [0.2, 0.25) is 12.7 Å². The Morgan fingerprint density at radius 2 is 2.04 bits per heavy atom. The average molecular weight is 370 g/mol. The van der Waals surface area contributed by atoms with E-state index in [-0.39, 0.29) is 6.79 Å². The van der Waals surface area contributed by atoms with E-state index in [0.29, 0.717) is 24.0 Å². The molecule has 0 fully saturated rings. The Labute approximate surface area is 160 Å². The van der Waals surface area contributed by atoms with Crippen LogP contribution in [0.15, 0.2) is 55.1 Å². The van der Waals surface area contributed by atoms with E-state index in [4.69, 9.17) is 16.0 Å². The molecule has 4 aromatic rings. The lowest BCUT2D eigenvalue weighted by Crippen LogP contribution is -2.07. The molecular weight excluding hydrogens is 356 g/mol. The average Bonchev–Trinajstić information content (AvgIpc) is 3.43. The lowest BCUT2D eigenvalue weighted by Gasteiger charge is -2.12. The largest absolute Gasteiger partial charge is 0.454 e. The van der Waals surface area contributed by atoms with Crippen molar-refractivity contribution in [2.75, 3.05) is 12.1 Å². The van der Waals surface area contributed by atoms with Crippen molar-refractivity contribution in [3.63, 3.8) is 0 Å². The molecule has 0 saturated carbocycles. The molecule has 0 bridgehead atoms. The number of hydrogen-bond donors (Lipinski definition) is 1. The Kier molecular flexibility index (Phi) is 3.76. The van der Waals surface area contributed by atoms with Crippen molar-refractivity contribution in [2.24, 2.45) is 0 Å². The van der Waals surface area contributed by atoms with Crippen LogP contribution in [0.4, 0.5) is 11.5 Å². The van der Waals surface area contributed by atoms with Gasteiger partial charge in [-0.1, -0.05) is 12.1 Å². The SMILES string of the molecule is [C-]#[N+]c1ccc2nc(-n3ccnc3)nc(NCc3ccc4c(c3)OCO4)c2c1. The van der Waals surface area contributed by atoms with Crippen molar-refractivity contribution >= 4 is 22.4 Å². The topological polar surface area (TPSA) is 78.5 Å². The summed E-state index contributed by atoms with van der Waals surface area (Å²) in [5.74, 6) is 2.65. The van der Waals surface area contributed by atoms with Crippen molar-refractivity contribution < 1.29 is 9.47 Å². The van der Waals surface area contributed by atoms with E-state index in [1.807, 2.05) is 24.3 Å². The van der Waals surface area contributed by atoms with E-state index >= 15 is 0 Å². The highest BCUT2D eigenvalue weighted by Gasteiger charge is 2.14. The quantitative estimate of drug-likeness (QED) is 0.552. The zero-order valence-corrected chi connectivity index (χ0v) is 14.7. The first kappa shape index (κ1) is 16.1. The minimum Gasteiger partial charge on any atom is -0.454 e. The molecule has 1 aliphatic rings. The normalized spacial score (nSPS) is 12.1. The highest BCUT2D eigenvalue weighted by molar-refractivity contribution is 5.92. The van der Waals surface area contributed by atoms with Gasteiger partial charge >= 0.3 is 0 Å². The van der Waals surface area contributed by atoms with Gasteiger partial charge in [0.25, 0.3) is 0 Å². The third-order valence-corrected chi connectivity index (χ3v) is 4.43. The summed E-state index contributed by atoms with van der Waals surface area (Å²) in [5.41, 5.74) is 2.32. The van der Waals surface area contributed by atoms with E-state index in [1.165, 1.54) is 0 Å². The summed E-state index contributed by atoms with van der Waals surface area (Å²) >= 11 is 0. The van der Waals surface area contributed by atoms with Crippen molar-refractivity contribution in [3.8, 4) is 17.4 Å². The molecule has 2 aromatic heterocycles. The van der Waals surface area contributed by atoms with E-state index in [1.54, 1.807) is 35.4 Å². The third-order valence-electron chi connectivity index (χ3n) is 4.43. The van der Waals surface area contributed by atoms with Gasteiger partial charge < -0.3 is 14.8 Å². The first-order valence-electron chi connectivity index (χ1n) is 8.60. The summed E-state index contributed by atoms with van der Waals surface area (Å²) in [4.78, 5) is 16.8. The van der Waals surface area contributed by atoms with E-state index in [2.05, 4.69) is 25.1 Å². The van der Waals surface area contributed by atoms with Gasteiger partial charge in [-0.2, -0.15) is 4.98 Å². The Balaban J connectivity index is 1.53. The summed E-state index contributed by atoms with van der Waals surface area (Å²) in [6, 6.07) is 11.2. The Bertz CT molecular complexity index is 1210. The number of nitrogens with zero attached hydrogens (tertiary/aromatic N) is 5. The zero-order valence-electron chi connectivity index (χ0n) is 14.7. The molecule has 0 atom stereocenters. The summed E-state index contributed by atoms with van der Waals surface area (Å²) in [5, 5.41) is 4.15. The molecule has 5 rings (SSSR count). The number of fused-ring (bicyclic) bond motifs is 2. The van der Waals surface area contributed by atoms with Crippen LogP contribution in [0.1, 0.15) is 5.56 Å². The van der Waals surface area contributed by atoms with Crippen LogP contribution >= 0.6 is 0 Å². The van der Waals surface area contributed by atoms with Crippen LogP contribution in [-0.4, -0.2) is 26.3 Å². The molecule has 8 heteroatoms. The summed E-state index contributed by atoms with van der Waals surface area (Å²) in [6.45, 7) is 8.06. The lowest BCUT2D eigenvalue weighted by molar-refractivity contribution is 0.174. The van der Waals surface area contributed by atoms with Crippen molar-refractivity contribution in [1.82, 2.24) is 19.5 Å². The first-order chi connectivity index (χ1) is 13.8. The second-order valence-electron chi connectivity index (χ2n) is 6.20. The van der Waals surface area contributed by atoms with Crippen molar-refractivity contribution in [3.05, 3.63) is 72.1 Å². The number of aromatic nitrogens is 4. The van der Waals surface area contributed by atoms with Crippen LogP contribution in [0.25, 0.3) is 21.7 Å². The minimum atomic E-state index is 0.246. The molecule has 0 saturated heterocycles. The van der Waals surface area contributed by atoms with Crippen LogP contribution in [0.3, 0.4) is 0 Å². The van der Waals surface area contributed by atoms with Gasteiger partial charge in [-0.05, 0) is 29.8 Å². The molecule has 136 valence electrons. The molecule has 3 heterocycles. The number of imidazole rings is 1. The molecular formula is C20H14N6O2. The molecule has 0 amide bonds. The van der Waals surface area contributed by atoms with Gasteiger partial charge in [0.1, 0.15) is 12.1 Å². The van der Waals surface area contributed by atoms with E-state index in [0.717, 1.165) is 28.0 Å². The van der Waals surface area contributed by atoms with Gasteiger partial charge in [-0.15, -0.1) is 0 Å². The van der Waals surface area contributed by atoms with Crippen molar-refractivity contribution in [2.45, 2.75) is 6.54 Å². The predicted octanol–water partition coefficient (Wildman–Crippen LogP) is 3.71. The van der Waals surface area contributed by atoms with Gasteiger partial charge in [0.15, 0.2) is 17.2 Å². The molecule has 2 aromatic carbocycles. The van der Waals surface area contributed by atoms with Gasteiger partial charge in [0.05, 0.1) is 12.1 Å². The maximum Gasteiger partial charge on any atom is 0.237 e. The number of benzene rings is 2. The molecule has 28 heavy (non-hydrogen) atoms. The fraction of sp³-hybridized carbons (Fsp3) is 0.100. The van der Waals surface area contributed by atoms with Crippen molar-refractivity contribution in [1.29, 1.82) is 0 Å². The van der Waals surface area contributed by atoms with Crippen LogP contribution < -0.4 is 14.8 Å². The number of hydrogen-bond acceptors (Lipinski definition) is 6. The number of ether oxygens (including phenoxy) is 2. The Morgan fingerprint density at radius 1 is 1.11 bits per heavy atom. The molecule has 0 unspecified atom stereocenters. The highest BCUT2D eigenvalue weighted by atomic mass is 16.7. The number of nitrogens with one attached hydrogen (secondary N) is 1. The molecule has 8 nitrogen and oxygen atoms in total. The number of rotatable bonds is 4. The van der Waals surface area contributed by atoms with Gasteiger partial charge in [0, 0.05) is 24.3 Å². The van der Waals surface area contributed by atoms with Gasteiger partial charge in [-0.3, -0.25) is 4.57 Å². The molecule has 1 N–H and O–H groups in total. The third kappa shape index (κ3) is 2.85. The highest BCUT2D eigenvalue weighted by Crippen LogP contribution is 2.33. The number of anilines is 1. The molecule has 0 spiro atoms. The smallest absolute Gasteiger partial charge is 0.237 e. The minimum absolute atomic E-state index is 0.246. The summed E-state index contributed by atoms with van der Waals surface area (Å²) in [7, 11) is 0.